The number of hydrogen-bond donors (Lipinski definition) is 1. The van der Waals surface area contributed by atoms with Gasteiger partial charge in [-0.25, -0.2) is 4.57 Å². The van der Waals surface area contributed by atoms with Crippen molar-refractivity contribution in [2.75, 3.05) is 13.7 Å². The average molecular weight is 724 g/mol. The highest BCUT2D eigenvalue weighted by molar-refractivity contribution is 5.81. The maximum atomic E-state index is 13.6. The molecule has 0 radical (unpaired) electrons. The number of pyridine rings is 1. The monoisotopic (exact) mass is 724 g/mol. The van der Waals surface area contributed by atoms with Gasteiger partial charge >= 0.3 is 0 Å². The van der Waals surface area contributed by atoms with Crippen molar-refractivity contribution in [1.29, 1.82) is 0 Å². The molecule has 1 aromatic heterocycles. The molecule has 1 heterocycles. The van der Waals surface area contributed by atoms with Crippen LogP contribution in [0.15, 0.2) is 42.6 Å². The van der Waals surface area contributed by atoms with E-state index in [9.17, 15) is 4.79 Å². The molecule has 2 rings (SSSR count). The molecule has 0 spiro atoms. The first-order chi connectivity index (χ1) is 25.6. The van der Waals surface area contributed by atoms with E-state index in [4.69, 9.17) is 14.2 Å². The lowest BCUT2D eigenvalue weighted by Crippen LogP contribution is -2.43. The van der Waals surface area contributed by atoms with E-state index in [0.29, 0.717) is 31.1 Å². The van der Waals surface area contributed by atoms with Gasteiger partial charge in [0.15, 0.2) is 23.8 Å². The summed E-state index contributed by atoms with van der Waals surface area (Å²) >= 11 is 0. The second-order valence-electron chi connectivity index (χ2n) is 14.9. The summed E-state index contributed by atoms with van der Waals surface area (Å²) in [6.45, 7) is 8.81. The largest absolute Gasteiger partial charge is 0.493 e. The fourth-order valence-corrected chi connectivity index (χ4v) is 6.97. The second kappa shape index (κ2) is 31.7. The molecule has 296 valence electrons. The number of unbranched alkanes of at least 4 members (excludes halogenated alkanes) is 22. The lowest BCUT2D eigenvalue weighted by atomic mass is 10.0. The molecule has 0 aliphatic rings. The molecule has 0 bridgehead atoms. The molecule has 0 fully saturated rings. The van der Waals surface area contributed by atoms with Crippen molar-refractivity contribution in [2.45, 2.75) is 207 Å². The quantitative estimate of drug-likeness (QED) is 0.0568. The highest BCUT2D eigenvalue weighted by Crippen LogP contribution is 2.32. The van der Waals surface area contributed by atoms with Crippen LogP contribution in [0.1, 0.15) is 193 Å². The molecule has 0 aliphatic carbocycles. The highest BCUT2D eigenvalue weighted by atomic mass is 16.5. The van der Waals surface area contributed by atoms with E-state index in [2.05, 4.69) is 42.9 Å². The van der Waals surface area contributed by atoms with E-state index in [1.54, 1.807) is 7.11 Å². The van der Waals surface area contributed by atoms with E-state index < -0.39 is 6.10 Å². The Kier molecular flexibility index (Phi) is 27.7. The van der Waals surface area contributed by atoms with E-state index in [-0.39, 0.29) is 5.91 Å². The third-order valence-electron chi connectivity index (χ3n) is 10.2. The Balaban J connectivity index is 1.83. The maximum absolute atomic E-state index is 13.6. The number of aryl methyl sites for hydroxylation is 1. The lowest BCUT2D eigenvalue weighted by Gasteiger charge is -2.20. The first kappa shape index (κ1) is 45.4. The molecule has 1 unspecified atom stereocenters. The summed E-state index contributed by atoms with van der Waals surface area (Å²) in [5, 5.41) is 3.18. The molecule has 6 nitrogen and oxygen atoms in total. The Morgan fingerprint density at radius 2 is 1.17 bits per heavy atom. The smallest absolute Gasteiger partial charge is 0.261 e. The normalized spacial score (nSPS) is 11.8. The van der Waals surface area contributed by atoms with Crippen molar-refractivity contribution in [1.82, 2.24) is 5.32 Å². The van der Waals surface area contributed by atoms with Crippen molar-refractivity contribution >= 4 is 5.91 Å². The van der Waals surface area contributed by atoms with Crippen LogP contribution in [-0.4, -0.2) is 25.7 Å². The number of benzene rings is 1. The maximum Gasteiger partial charge on any atom is 0.261 e. The van der Waals surface area contributed by atoms with Crippen molar-refractivity contribution in [3.05, 3.63) is 48.3 Å². The second-order valence-corrected chi connectivity index (χ2v) is 14.9. The van der Waals surface area contributed by atoms with Gasteiger partial charge in [-0.15, -0.1) is 0 Å². The van der Waals surface area contributed by atoms with Gasteiger partial charge in [-0.1, -0.05) is 168 Å². The predicted octanol–water partition coefficient (Wildman–Crippen LogP) is 12.6. The first-order valence-electron chi connectivity index (χ1n) is 21.8. The number of amides is 1. The van der Waals surface area contributed by atoms with E-state index in [1.165, 1.54) is 135 Å². The molecule has 1 N–H and O–H groups in total. The molecule has 1 atom stereocenters. The summed E-state index contributed by atoms with van der Waals surface area (Å²) < 4.78 is 20.4. The summed E-state index contributed by atoms with van der Waals surface area (Å²) in [6.07, 6.45) is 34.6. The average Bonchev–Trinajstić information content (AvgIpc) is 3.16. The van der Waals surface area contributed by atoms with Crippen molar-refractivity contribution in [2.24, 2.45) is 0 Å². The van der Waals surface area contributed by atoms with Crippen LogP contribution < -0.4 is 24.1 Å². The van der Waals surface area contributed by atoms with Crippen LogP contribution in [0.4, 0.5) is 0 Å². The van der Waals surface area contributed by atoms with Crippen LogP contribution in [0.5, 0.6) is 17.2 Å². The number of rotatable bonds is 35. The Hall–Kier alpha value is -2.76. The van der Waals surface area contributed by atoms with E-state index in [0.717, 1.165) is 43.7 Å². The molecule has 0 saturated carbocycles. The summed E-state index contributed by atoms with van der Waals surface area (Å²) in [6, 6.07) is 11.9. The van der Waals surface area contributed by atoms with Gasteiger partial charge in [0, 0.05) is 24.6 Å². The lowest BCUT2D eigenvalue weighted by molar-refractivity contribution is -0.704. The number of aromatic nitrogens is 1. The first-order valence-corrected chi connectivity index (χ1v) is 21.8. The van der Waals surface area contributed by atoms with Crippen LogP contribution >= 0.6 is 0 Å². The van der Waals surface area contributed by atoms with Gasteiger partial charge in [0.2, 0.25) is 5.69 Å². The standard InChI is InChI=1S/C46H78N2O4/c1-5-8-10-12-14-16-18-19-20-21-22-24-26-28-33-44(46(49)47-40-41-32-29-30-37-48(41)36-7-3)52-42-34-35-43(45(39-42)50-4)51-38-31-27-25-23-17-15-13-11-9-6-2/h29-30,32,34-35,37,39,44H,5-28,31,33,36,38,40H2,1-4H3/p+1. The van der Waals surface area contributed by atoms with Crippen molar-refractivity contribution in [3.8, 4) is 17.2 Å². The molecule has 2 aromatic rings. The minimum atomic E-state index is -0.566. The SMILES string of the molecule is CCCCCCCCCCCCCCCCC(Oc1ccc(OCCCCCCCCCCCC)c(OC)c1)C(=O)NCc1cccc[n+]1CCC. The molecule has 52 heavy (non-hydrogen) atoms. The Bertz CT molecular complexity index is 1140. The fraction of sp³-hybridized carbons (Fsp3) is 0.739. The zero-order valence-corrected chi connectivity index (χ0v) is 34.2. The third-order valence-corrected chi connectivity index (χ3v) is 10.2. The van der Waals surface area contributed by atoms with Crippen LogP contribution in [0, 0.1) is 0 Å². The molecular weight excluding hydrogens is 645 g/mol. The Morgan fingerprint density at radius 1 is 0.635 bits per heavy atom. The summed E-state index contributed by atoms with van der Waals surface area (Å²) in [4.78, 5) is 13.6. The number of carbonyl (C=O) groups excluding carboxylic acids is 1. The molecule has 1 aromatic carbocycles. The summed E-state index contributed by atoms with van der Waals surface area (Å²) in [7, 11) is 1.66. The van der Waals surface area contributed by atoms with Gasteiger partial charge in [0.25, 0.3) is 5.91 Å². The minimum Gasteiger partial charge on any atom is -0.493 e. The zero-order chi connectivity index (χ0) is 37.3. The van der Waals surface area contributed by atoms with Crippen LogP contribution in [0.25, 0.3) is 0 Å². The molecule has 6 heteroatoms. The van der Waals surface area contributed by atoms with Gasteiger partial charge in [-0.2, -0.15) is 0 Å². The number of methoxy groups -OCH3 is 1. The highest BCUT2D eigenvalue weighted by Gasteiger charge is 2.22. The Labute approximate surface area is 320 Å². The third kappa shape index (κ3) is 21.7. The molecule has 0 aliphatic heterocycles. The van der Waals surface area contributed by atoms with E-state index in [1.807, 2.05) is 30.3 Å². The summed E-state index contributed by atoms with van der Waals surface area (Å²) in [5.74, 6) is 1.93. The fourth-order valence-electron chi connectivity index (χ4n) is 6.97. The molecule has 1 amide bonds. The molecule has 0 saturated heterocycles. The van der Waals surface area contributed by atoms with E-state index >= 15 is 0 Å². The van der Waals surface area contributed by atoms with Gasteiger partial charge < -0.3 is 19.5 Å². The van der Waals surface area contributed by atoms with Crippen LogP contribution in [-0.2, 0) is 17.9 Å². The number of hydrogen-bond acceptors (Lipinski definition) is 4. The van der Waals surface area contributed by atoms with Crippen molar-refractivity contribution < 1.29 is 23.6 Å². The zero-order valence-electron chi connectivity index (χ0n) is 34.2. The van der Waals surface area contributed by atoms with Crippen LogP contribution in [0.2, 0.25) is 0 Å². The predicted molar refractivity (Wildman–Crippen MR) is 218 cm³/mol. The topological polar surface area (TPSA) is 60.7 Å². The van der Waals surface area contributed by atoms with Gasteiger partial charge in [0.05, 0.1) is 13.7 Å². The molecular formula is C46H79N2O4+. The number of nitrogens with zero attached hydrogens (tertiary/aromatic N) is 1. The van der Waals surface area contributed by atoms with Crippen molar-refractivity contribution in [3.63, 3.8) is 0 Å². The number of ether oxygens (including phenoxy) is 3. The summed E-state index contributed by atoms with van der Waals surface area (Å²) in [5.41, 5.74) is 1.10. The number of carbonyl (C=O) groups is 1. The number of nitrogens with one attached hydrogen (secondary N) is 1. The van der Waals surface area contributed by atoms with Crippen LogP contribution in [0.3, 0.4) is 0 Å². The van der Waals surface area contributed by atoms with Gasteiger partial charge in [-0.3, -0.25) is 4.79 Å². The van der Waals surface area contributed by atoms with Gasteiger partial charge in [0.1, 0.15) is 18.8 Å². The van der Waals surface area contributed by atoms with Gasteiger partial charge in [-0.05, 0) is 31.4 Å². The minimum absolute atomic E-state index is 0.0677. The Morgan fingerprint density at radius 3 is 1.71 bits per heavy atom.